The summed E-state index contributed by atoms with van der Waals surface area (Å²) in [6, 6.07) is 9.14. The predicted molar refractivity (Wildman–Crippen MR) is 46.5 cm³/mol. The Labute approximate surface area is 66.3 Å². The highest BCUT2D eigenvalue weighted by Crippen LogP contribution is 2.18. The molecule has 0 saturated heterocycles. The third kappa shape index (κ3) is 0.845. The molecule has 1 nitrogen and oxygen atoms in total. The van der Waals surface area contributed by atoms with Crippen molar-refractivity contribution in [3.05, 3.63) is 36.0 Å². The van der Waals surface area contributed by atoms with Crippen LogP contribution in [0.3, 0.4) is 0 Å². The first kappa shape index (κ1) is 6.47. The first-order chi connectivity index (χ1) is 5.29. The lowest BCUT2D eigenvalue weighted by molar-refractivity contribution is 0.964. The van der Waals surface area contributed by atoms with Gasteiger partial charge in [-0.1, -0.05) is 6.07 Å². The van der Waals surface area contributed by atoms with E-state index in [2.05, 4.69) is 36.9 Å². The van der Waals surface area contributed by atoms with E-state index < -0.39 is 0 Å². The molecule has 1 aromatic heterocycles. The van der Waals surface area contributed by atoms with E-state index in [9.17, 15) is 0 Å². The van der Waals surface area contributed by atoms with Crippen LogP contribution in [0.15, 0.2) is 24.4 Å². The molecule has 0 atom stereocenters. The van der Waals surface area contributed by atoms with Gasteiger partial charge in [-0.3, -0.25) is 0 Å². The fourth-order valence-corrected chi connectivity index (χ4v) is 1.48. The summed E-state index contributed by atoms with van der Waals surface area (Å²) in [6.07, 6.45) is 2.14. The van der Waals surface area contributed by atoms with E-state index in [1.807, 2.05) is 12.1 Å². The smallest absolute Gasteiger partial charge is 0.0480 e. The van der Waals surface area contributed by atoms with Crippen LogP contribution in [0.25, 0.3) is 10.9 Å². The number of hydrogen-bond acceptors (Lipinski definition) is 0. The van der Waals surface area contributed by atoms with Gasteiger partial charge < -0.3 is 4.57 Å². The molecular weight excluding hydrogens is 134 g/mol. The van der Waals surface area contributed by atoms with Crippen molar-refractivity contribution in [1.29, 1.82) is 0 Å². The van der Waals surface area contributed by atoms with Crippen molar-refractivity contribution < 1.29 is 0 Å². The molecule has 0 saturated carbocycles. The molecule has 0 spiro atoms. The van der Waals surface area contributed by atoms with Crippen LogP contribution in [0.2, 0.25) is 0 Å². The van der Waals surface area contributed by atoms with Crippen LogP contribution < -0.4 is 0 Å². The fourth-order valence-electron chi connectivity index (χ4n) is 1.48. The maximum atomic E-state index is 3.08. The molecule has 0 amide bonds. The van der Waals surface area contributed by atoms with E-state index >= 15 is 0 Å². The van der Waals surface area contributed by atoms with Crippen LogP contribution in [-0.2, 0) is 7.05 Å². The van der Waals surface area contributed by atoms with Crippen LogP contribution in [-0.4, -0.2) is 4.57 Å². The number of nitrogens with zero attached hydrogens (tertiary/aromatic N) is 1. The Hall–Kier alpha value is -1.24. The van der Waals surface area contributed by atoms with Gasteiger partial charge in [0.15, 0.2) is 0 Å². The molecule has 0 aliphatic heterocycles. The van der Waals surface area contributed by atoms with E-state index in [1.165, 1.54) is 16.5 Å². The number of hydrogen-bond donors (Lipinski definition) is 0. The van der Waals surface area contributed by atoms with E-state index in [0.717, 1.165) is 0 Å². The molecule has 2 rings (SSSR count). The normalized spacial score (nSPS) is 10.7. The summed E-state index contributed by atoms with van der Waals surface area (Å²) in [5.41, 5.74) is 2.60. The number of rotatable bonds is 0. The summed E-state index contributed by atoms with van der Waals surface area (Å²) in [5.74, 6) is 0. The Kier molecular flexibility index (Phi) is 1.25. The minimum atomic E-state index is 1.28. The second-order valence-corrected chi connectivity index (χ2v) is 2.87. The zero-order valence-corrected chi connectivity index (χ0v) is 6.76. The molecule has 0 bridgehead atoms. The van der Waals surface area contributed by atoms with Gasteiger partial charge in [0.25, 0.3) is 0 Å². The highest BCUT2D eigenvalue weighted by atomic mass is 14.9. The van der Waals surface area contributed by atoms with E-state index in [-0.39, 0.29) is 0 Å². The molecule has 11 heavy (non-hydrogen) atoms. The minimum Gasteiger partial charge on any atom is -0.350 e. The predicted octanol–water partition coefficient (Wildman–Crippen LogP) is 2.29. The molecule has 1 radical (unpaired) electrons. The molecule has 0 fully saturated rings. The van der Waals surface area contributed by atoms with Crippen molar-refractivity contribution in [2.24, 2.45) is 7.05 Å². The van der Waals surface area contributed by atoms with E-state index in [4.69, 9.17) is 0 Å². The zero-order chi connectivity index (χ0) is 7.84. The van der Waals surface area contributed by atoms with Crippen LogP contribution >= 0.6 is 0 Å². The molecule has 0 aliphatic carbocycles. The van der Waals surface area contributed by atoms with Gasteiger partial charge in [-0.2, -0.15) is 0 Å². The van der Waals surface area contributed by atoms with Gasteiger partial charge in [-0.25, -0.2) is 0 Å². The van der Waals surface area contributed by atoms with Crippen LogP contribution in [0.4, 0.5) is 0 Å². The second kappa shape index (κ2) is 2.12. The molecule has 0 N–H and O–H groups in total. The monoisotopic (exact) mass is 144 g/mol. The van der Waals surface area contributed by atoms with E-state index in [1.54, 1.807) is 0 Å². The number of fused-ring (bicyclic) bond motifs is 1. The number of benzene rings is 1. The third-order valence-electron chi connectivity index (χ3n) is 2.03. The number of aromatic nitrogens is 1. The molecule has 55 valence electrons. The summed E-state index contributed by atoms with van der Waals surface area (Å²) < 4.78 is 2.14. The maximum absolute atomic E-state index is 3.08. The lowest BCUT2D eigenvalue weighted by Gasteiger charge is -1.92. The lowest BCUT2D eigenvalue weighted by Crippen LogP contribution is -1.81. The quantitative estimate of drug-likeness (QED) is 0.534. The van der Waals surface area contributed by atoms with Gasteiger partial charge in [0, 0.05) is 24.1 Å². The van der Waals surface area contributed by atoms with Gasteiger partial charge in [-0.15, -0.1) is 0 Å². The second-order valence-electron chi connectivity index (χ2n) is 2.87. The highest BCUT2D eigenvalue weighted by Gasteiger charge is 1.99. The lowest BCUT2D eigenvalue weighted by atomic mass is 10.2. The highest BCUT2D eigenvalue weighted by molar-refractivity contribution is 5.83. The van der Waals surface area contributed by atoms with Crippen LogP contribution in [0, 0.1) is 13.0 Å². The number of aryl methyl sites for hydroxylation is 2. The zero-order valence-electron chi connectivity index (χ0n) is 6.76. The molecule has 0 unspecified atom stereocenters. The average Bonchev–Trinajstić information content (AvgIpc) is 2.30. The van der Waals surface area contributed by atoms with Crippen molar-refractivity contribution in [2.45, 2.75) is 6.92 Å². The maximum Gasteiger partial charge on any atom is 0.0480 e. The molecule has 1 aromatic carbocycles. The first-order valence-corrected chi connectivity index (χ1v) is 3.71. The molecular formula is C10H10N. The van der Waals surface area contributed by atoms with Gasteiger partial charge in [0.1, 0.15) is 0 Å². The molecule has 2 aromatic rings. The average molecular weight is 144 g/mol. The SMILES string of the molecule is Cc1cn(C)c2cc[c]cc12. The van der Waals surface area contributed by atoms with Gasteiger partial charge in [0.05, 0.1) is 0 Å². The largest absolute Gasteiger partial charge is 0.350 e. The van der Waals surface area contributed by atoms with E-state index in [0.29, 0.717) is 0 Å². The summed E-state index contributed by atoms with van der Waals surface area (Å²) in [4.78, 5) is 0. The minimum absolute atomic E-state index is 1.28. The first-order valence-electron chi connectivity index (χ1n) is 3.71. The molecule has 1 heteroatoms. The van der Waals surface area contributed by atoms with Gasteiger partial charge >= 0.3 is 0 Å². The summed E-state index contributed by atoms with van der Waals surface area (Å²) >= 11 is 0. The van der Waals surface area contributed by atoms with Crippen LogP contribution in [0.1, 0.15) is 5.56 Å². The Morgan fingerprint density at radius 2 is 2.27 bits per heavy atom. The van der Waals surface area contributed by atoms with Gasteiger partial charge in [-0.05, 0) is 30.7 Å². The topological polar surface area (TPSA) is 4.93 Å². The van der Waals surface area contributed by atoms with Crippen LogP contribution in [0.5, 0.6) is 0 Å². The summed E-state index contributed by atoms with van der Waals surface area (Å²) in [5, 5.41) is 1.30. The van der Waals surface area contributed by atoms with Crippen molar-refractivity contribution in [3.8, 4) is 0 Å². The van der Waals surface area contributed by atoms with Crippen molar-refractivity contribution >= 4 is 10.9 Å². The Morgan fingerprint density at radius 3 is 3.00 bits per heavy atom. The van der Waals surface area contributed by atoms with Crippen molar-refractivity contribution in [1.82, 2.24) is 4.57 Å². The summed E-state index contributed by atoms with van der Waals surface area (Å²) in [7, 11) is 2.06. The van der Waals surface area contributed by atoms with Crippen molar-refractivity contribution in [3.63, 3.8) is 0 Å². The Bertz CT molecular complexity index is 349. The fraction of sp³-hybridized carbons (Fsp3) is 0.200. The molecule has 1 heterocycles. The summed E-state index contributed by atoms with van der Waals surface area (Å²) in [6.45, 7) is 2.12. The Balaban J connectivity index is 2.95. The van der Waals surface area contributed by atoms with Gasteiger partial charge in [0.2, 0.25) is 0 Å². The Morgan fingerprint density at radius 1 is 1.45 bits per heavy atom. The standard InChI is InChI=1S/C10H10N/c1-8-7-11(2)10-6-4-3-5-9(8)10/h4-7H,1-2H3. The molecule has 0 aliphatic rings. The van der Waals surface area contributed by atoms with Crippen molar-refractivity contribution in [2.75, 3.05) is 0 Å². The third-order valence-corrected chi connectivity index (χ3v) is 2.03.